The molecule has 324 valence electrons. The number of hydrogen-bond acceptors (Lipinski definition) is 14. The lowest BCUT2D eigenvalue weighted by Crippen LogP contribution is -2.54. The maximum atomic E-state index is 13.4. The summed E-state index contributed by atoms with van der Waals surface area (Å²) >= 11 is 0. The molecule has 4 fully saturated rings. The summed E-state index contributed by atoms with van der Waals surface area (Å²) in [6.45, 7) is 5.84. The summed E-state index contributed by atoms with van der Waals surface area (Å²) in [7, 11) is 0. The molecule has 4 aliphatic heterocycles. The molecule has 5 aliphatic rings. The van der Waals surface area contributed by atoms with Gasteiger partial charge in [0.1, 0.15) is 29.3 Å². The Bertz CT molecular complexity index is 2400. The Balaban J connectivity index is 0.675. The largest absolute Gasteiger partial charge is 0.483 e. The third kappa shape index (κ3) is 8.46. The Morgan fingerprint density at radius 1 is 0.887 bits per heavy atom. The van der Waals surface area contributed by atoms with Crippen molar-refractivity contribution >= 4 is 52.4 Å². The van der Waals surface area contributed by atoms with Crippen molar-refractivity contribution in [2.45, 2.75) is 88.6 Å². The molecule has 19 nitrogen and oxygen atoms in total. The minimum atomic E-state index is -1.09. The van der Waals surface area contributed by atoms with Crippen LogP contribution in [0.25, 0.3) is 11.2 Å². The van der Waals surface area contributed by atoms with Crippen LogP contribution < -0.4 is 20.7 Å². The van der Waals surface area contributed by atoms with E-state index in [1.807, 2.05) is 25.4 Å². The van der Waals surface area contributed by atoms with Crippen LogP contribution in [0.2, 0.25) is 0 Å². The molecule has 0 spiro atoms. The predicted molar refractivity (Wildman–Crippen MR) is 221 cm³/mol. The molecule has 1 aliphatic carbocycles. The standard InChI is InChI=1S/C43H49N11O8/c1-25-4-2-6-31(47-25)40(57)49-27-20-28(21-27)53-24-46-37-38(44-23-45-39(37)53)48-26-10-14-51(15-11-26)18-19-61-29-12-16-52(17-13-29)35(56)22-62-33-7-3-5-30-36(33)43(60)54(42(30)59)32-8-9-34(55)50-41(32)58/h2-7,23-24,26-29,32H,8-22H2,1H3,(H,49,57)(H,44,45,48)(H,50,55,58)/t27?,28?,32-/m0/s1. The van der Waals surface area contributed by atoms with Gasteiger partial charge in [-0.3, -0.25) is 39.0 Å². The first-order chi connectivity index (χ1) is 30.1. The van der Waals surface area contributed by atoms with Crippen molar-refractivity contribution in [3.05, 3.63) is 71.6 Å². The second kappa shape index (κ2) is 17.6. The summed E-state index contributed by atoms with van der Waals surface area (Å²) in [5.41, 5.74) is 2.87. The number of amides is 6. The first kappa shape index (κ1) is 41.0. The number of aromatic nitrogens is 5. The Kier molecular flexibility index (Phi) is 11.6. The fraction of sp³-hybridized carbons (Fsp3) is 0.488. The summed E-state index contributed by atoms with van der Waals surface area (Å²) < 4.78 is 14.1. The van der Waals surface area contributed by atoms with Crippen LogP contribution in [0.5, 0.6) is 5.75 Å². The van der Waals surface area contributed by atoms with Gasteiger partial charge in [0.25, 0.3) is 23.6 Å². The second-order valence-electron chi connectivity index (χ2n) is 16.6. The lowest BCUT2D eigenvalue weighted by atomic mass is 9.86. The van der Waals surface area contributed by atoms with Crippen molar-refractivity contribution in [2.24, 2.45) is 0 Å². The number of pyridine rings is 1. The van der Waals surface area contributed by atoms with Crippen molar-refractivity contribution in [2.75, 3.05) is 51.3 Å². The number of carbonyl (C=O) groups is 6. The van der Waals surface area contributed by atoms with Gasteiger partial charge in [0, 0.05) is 63.0 Å². The molecule has 3 aromatic heterocycles. The van der Waals surface area contributed by atoms with Gasteiger partial charge in [-0.05, 0) is 76.1 Å². The molecule has 9 rings (SSSR count). The van der Waals surface area contributed by atoms with Crippen LogP contribution in [0.15, 0.2) is 49.1 Å². The molecule has 1 aromatic carbocycles. The van der Waals surface area contributed by atoms with Crippen molar-refractivity contribution in [1.29, 1.82) is 0 Å². The average Bonchev–Trinajstić information content (AvgIpc) is 3.80. The molecule has 7 heterocycles. The first-order valence-electron chi connectivity index (χ1n) is 21.4. The lowest BCUT2D eigenvalue weighted by Gasteiger charge is -2.36. The minimum Gasteiger partial charge on any atom is -0.483 e. The molecular weight excluding hydrogens is 799 g/mol. The lowest BCUT2D eigenvalue weighted by molar-refractivity contribution is -0.137. The zero-order chi connectivity index (χ0) is 42.9. The number of nitrogens with one attached hydrogen (secondary N) is 3. The van der Waals surface area contributed by atoms with Crippen molar-refractivity contribution in [3.63, 3.8) is 0 Å². The molecule has 4 aromatic rings. The highest BCUT2D eigenvalue weighted by Crippen LogP contribution is 2.36. The summed E-state index contributed by atoms with van der Waals surface area (Å²) in [5.74, 6) is -2.02. The van der Waals surface area contributed by atoms with Crippen LogP contribution in [0.4, 0.5) is 5.82 Å². The third-order valence-corrected chi connectivity index (χ3v) is 12.6. The normalized spacial score (nSPS) is 22.4. The van der Waals surface area contributed by atoms with Crippen LogP contribution in [0, 0.1) is 6.92 Å². The third-order valence-electron chi connectivity index (χ3n) is 12.6. The highest BCUT2D eigenvalue weighted by molar-refractivity contribution is 6.24. The number of rotatable bonds is 13. The molecule has 0 unspecified atom stereocenters. The van der Waals surface area contributed by atoms with Gasteiger partial charge in [0.15, 0.2) is 18.1 Å². The number of likely N-dealkylation sites (tertiary alicyclic amines) is 2. The number of imide groups is 2. The molecule has 3 saturated heterocycles. The number of hydrogen-bond donors (Lipinski definition) is 3. The van der Waals surface area contributed by atoms with Gasteiger partial charge in [0.2, 0.25) is 11.8 Å². The molecule has 1 atom stereocenters. The Morgan fingerprint density at radius 3 is 2.45 bits per heavy atom. The Labute approximate surface area is 356 Å². The summed E-state index contributed by atoms with van der Waals surface area (Å²) in [6, 6.07) is 9.43. The quantitative estimate of drug-likeness (QED) is 0.164. The molecule has 3 N–H and O–H groups in total. The highest BCUT2D eigenvalue weighted by atomic mass is 16.5. The maximum Gasteiger partial charge on any atom is 0.270 e. The molecule has 19 heteroatoms. The van der Waals surface area contributed by atoms with E-state index in [2.05, 4.69) is 45.4 Å². The molecular formula is C43H49N11O8. The topological polar surface area (TPSA) is 223 Å². The predicted octanol–water partition coefficient (Wildman–Crippen LogP) is 2.03. The number of aryl methyl sites for hydroxylation is 1. The zero-order valence-electron chi connectivity index (χ0n) is 34.5. The van der Waals surface area contributed by atoms with Gasteiger partial charge in [-0.1, -0.05) is 12.1 Å². The van der Waals surface area contributed by atoms with E-state index in [-0.39, 0.29) is 72.4 Å². The van der Waals surface area contributed by atoms with E-state index >= 15 is 0 Å². The fourth-order valence-corrected chi connectivity index (χ4v) is 9.04. The van der Waals surface area contributed by atoms with Crippen LogP contribution in [0.1, 0.15) is 94.3 Å². The fourth-order valence-electron chi connectivity index (χ4n) is 9.04. The van der Waals surface area contributed by atoms with E-state index in [1.165, 1.54) is 12.1 Å². The molecule has 1 saturated carbocycles. The van der Waals surface area contributed by atoms with Crippen molar-refractivity contribution in [3.8, 4) is 5.75 Å². The number of imidazole rings is 1. The number of fused-ring (bicyclic) bond motifs is 2. The van der Waals surface area contributed by atoms with Crippen molar-refractivity contribution < 1.29 is 38.2 Å². The van der Waals surface area contributed by atoms with Crippen molar-refractivity contribution in [1.82, 2.24) is 49.8 Å². The number of nitrogens with zero attached hydrogens (tertiary/aromatic N) is 8. The van der Waals surface area contributed by atoms with Gasteiger partial charge >= 0.3 is 0 Å². The van der Waals surface area contributed by atoms with Crippen LogP contribution in [0.3, 0.4) is 0 Å². The smallest absolute Gasteiger partial charge is 0.270 e. The van der Waals surface area contributed by atoms with E-state index in [0.29, 0.717) is 38.2 Å². The number of piperidine rings is 3. The van der Waals surface area contributed by atoms with Gasteiger partial charge < -0.3 is 34.5 Å². The van der Waals surface area contributed by atoms with Crippen LogP contribution in [-0.2, 0) is 19.1 Å². The molecule has 62 heavy (non-hydrogen) atoms. The Hall–Kier alpha value is -6.34. The Morgan fingerprint density at radius 2 is 1.68 bits per heavy atom. The molecule has 0 radical (unpaired) electrons. The van der Waals surface area contributed by atoms with Crippen LogP contribution >= 0.6 is 0 Å². The van der Waals surface area contributed by atoms with Gasteiger partial charge in [0.05, 0.1) is 30.2 Å². The van der Waals surface area contributed by atoms with Gasteiger partial charge in [-0.25, -0.2) is 19.9 Å². The highest BCUT2D eigenvalue weighted by Gasteiger charge is 2.46. The maximum absolute atomic E-state index is 13.4. The summed E-state index contributed by atoms with van der Waals surface area (Å²) in [5, 5.41) is 8.90. The molecule has 6 amide bonds. The van der Waals surface area contributed by atoms with E-state index in [1.54, 1.807) is 23.4 Å². The van der Waals surface area contributed by atoms with Gasteiger partial charge in [-0.15, -0.1) is 0 Å². The number of benzene rings is 1. The minimum absolute atomic E-state index is 0.0131. The summed E-state index contributed by atoms with van der Waals surface area (Å²) in [6.07, 6.45) is 8.37. The van der Waals surface area contributed by atoms with Crippen LogP contribution in [-0.4, -0.2) is 145 Å². The molecule has 0 bridgehead atoms. The van der Waals surface area contributed by atoms with E-state index in [9.17, 15) is 28.8 Å². The number of anilines is 1. The number of carbonyl (C=O) groups excluding carboxylic acids is 6. The van der Waals surface area contributed by atoms with E-state index < -0.39 is 29.7 Å². The first-order valence-corrected chi connectivity index (χ1v) is 21.4. The second-order valence-corrected chi connectivity index (χ2v) is 16.6. The van der Waals surface area contributed by atoms with E-state index in [0.717, 1.165) is 72.9 Å². The monoisotopic (exact) mass is 847 g/mol. The number of ether oxygens (including phenoxy) is 2. The SMILES string of the molecule is Cc1cccc(C(=O)NC2CC(n3cnc4c(NC5CCN(CCOC6CCN(C(=O)COc7cccc8c7C(=O)N([C@H]7CCC(=O)NC7=O)C8=O)CC6)CC5)ncnc43)C2)n1. The average molecular weight is 848 g/mol. The summed E-state index contributed by atoms with van der Waals surface area (Å²) in [4.78, 5) is 99.5. The zero-order valence-corrected chi connectivity index (χ0v) is 34.5. The van der Waals surface area contributed by atoms with Gasteiger partial charge in [-0.2, -0.15) is 0 Å². The van der Waals surface area contributed by atoms with E-state index in [4.69, 9.17) is 9.47 Å².